The molecule has 0 aromatic carbocycles. The topological polar surface area (TPSA) is 29.9 Å². The Morgan fingerprint density at radius 2 is 2.23 bits per heavy atom. The van der Waals surface area contributed by atoms with E-state index in [1.54, 1.807) is 0 Å². The Hall–Kier alpha value is -0.830. The van der Waals surface area contributed by atoms with Crippen molar-refractivity contribution in [3.05, 3.63) is 17.5 Å². The second-order valence-corrected chi connectivity index (χ2v) is 3.15. The van der Waals surface area contributed by atoms with Gasteiger partial charge in [-0.05, 0) is 26.5 Å². The molecule has 0 fully saturated rings. The van der Waals surface area contributed by atoms with E-state index in [0.29, 0.717) is 0 Å². The Balaban J connectivity index is 2.68. The summed E-state index contributed by atoms with van der Waals surface area (Å²) in [5.41, 5.74) is 2.54. The van der Waals surface area contributed by atoms with E-state index in [4.69, 9.17) is 0 Å². The largest absolute Gasteiger partial charge is 0.319 e. The first kappa shape index (κ1) is 10.3. The van der Waals surface area contributed by atoms with Gasteiger partial charge in [-0.3, -0.25) is 4.68 Å². The van der Waals surface area contributed by atoms with Crippen molar-refractivity contribution in [1.29, 1.82) is 0 Å². The molecule has 0 aliphatic heterocycles. The Morgan fingerprint density at radius 3 is 2.69 bits per heavy atom. The van der Waals surface area contributed by atoms with Crippen LogP contribution in [0.1, 0.15) is 25.2 Å². The number of rotatable bonds is 5. The van der Waals surface area contributed by atoms with E-state index in [0.717, 1.165) is 25.9 Å². The van der Waals surface area contributed by atoms with Crippen LogP contribution >= 0.6 is 0 Å². The summed E-state index contributed by atoms with van der Waals surface area (Å²) in [6.07, 6.45) is 2.09. The second kappa shape index (κ2) is 5.02. The number of aryl methyl sites for hydroxylation is 2. The van der Waals surface area contributed by atoms with E-state index in [9.17, 15) is 0 Å². The number of hydrogen-bond acceptors (Lipinski definition) is 2. The molecule has 0 atom stereocenters. The van der Waals surface area contributed by atoms with Gasteiger partial charge in [-0.25, -0.2) is 0 Å². The molecular weight excluding hydrogens is 162 g/mol. The van der Waals surface area contributed by atoms with Crippen LogP contribution < -0.4 is 5.32 Å². The summed E-state index contributed by atoms with van der Waals surface area (Å²) in [6.45, 7) is 6.28. The first-order chi connectivity index (χ1) is 6.31. The highest BCUT2D eigenvalue weighted by molar-refractivity contribution is 5.10. The van der Waals surface area contributed by atoms with Gasteiger partial charge in [-0.2, -0.15) is 5.10 Å². The number of hydrogen-bond donors (Lipinski definition) is 1. The Morgan fingerprint density at radius 1 is 1.46 bits per heavy atom. The van der Waals surface area contributed by atoms with Gasteiger partial charge in [0.2, 0.25) is 0 Å². The van der Waals surface area contributed by atoms with Gasteiger partial charge in [0.25, 0.3) is 0 Å². The normalized spacial score (nSPS) is 10.7. The Bertz CT molecular complexity index is 231. The highest BCUT2D eigenvalue weighted by atomic mass is 15.3. The number of nitrogens with zero attached hydrogens (tertiary/aromatic N) is 2. The van der Waals surface area contributed by atoms with Crippen LogP contribution in [0.5, 0.6) is 0 Å². The van der Waals surface area contributed by atoms with Gasteiger partial charge in [-0.15, -0.1) is 0 Å². The summed E-state index contributed by atoms with van der Waals surface area (Å²) in [6, 6.07) is 2.21. The third kappa shape index (κ3) is 2.56. The van der Waals surface area contributed by atoms with E-state index in [2.05, 4.69) is 35.0 Å². The monoisotopic (exact) mass is 181 g/mol. The molecule has 0 spiro atoms. The molecule has 1 aromatic heterocycles. The van der Waals surface area contributed by atoms with Crippen molar-refractivity contribution in [2.75, 3.05) is 13.6 Å². The lowest BCUT2D eigenvalue weighted by molar-refractivity contribution is 0.613. The van der Waals surface area contributed by atoms with Crippen molar-refractivity contribution in [2.45, 2.75) is 33.2 Å². The quantitative estimate of drug-likeness (QED) is 0.740. The lowest BCUT2D eigenvalue weighted by Gasteiger charge is -1.99. The molecule has 0 amide bonds. The van der Waals surface area contributed by atoms with Gasteiger partial charge in [-0.1, -0.05) is 6.92 Å². The highest BCUT2D eigenvalue weighted by Crippen LogP contribution is 2.05. The van der Waals surface area contributed by atoms with Crippen LogP contribution in [0, 0.1) is 0 Å². The molecule has 0 bridgehead atoms. The minimum Gasteiger partial charge on any atom is -0.319 e. The zero-order chi connectivity index (χ0) is 9.68. The molecule has 74 valence electrons. The molecule has 0 saturated heterocycles. The Labute approximate surface area is 80.1 Å². The SMILES string of the molecule is CCc1cc(CCNC)nn1CC. The van der Waals surface area contributed by atoms with Crippen molar-refractivity contribution in [1.82, 2.24) is 15.1 Å². The van der Waals surface area contributed by atoms with Crippen LogP contribution in [0.25, 0.3) is 0 Å². The first-order valence-electron chi connectivity index (χ1n) is 5.02. The number of likely N-dealkylation sites (N-methyl/N-ethyl adjacent to an activating group) is 1. The van der Waals surface area contributed by atoms with E-state index in [-0.39, 0.29) is 0 Å². The summed E-state index contributed by atoms with van der Waals surface area (Å²) in [5.74, 6) is 0. The molecule has 1 aromatic rings. The van der Waals surface area contributed by atoms with Crippen LogP contribution in [0.4, 0.5) is 0 Å². The van der Waals surface area contributed by atoms with Gasteiger partial charge >= 0.3 is 0 Å². The maximum atomic E-state index is 4.51. The molecule has 1 heterocycles. The van der Waals surface area contributed by atoms with Gasteiger partial charge in [0.05, 0.1) is 5.69 Å². The third-order valence-electron chi connectivity index (χ3n) is 2.21. The molecule has 3 heteroatoms. The molecule has 0 unspecified atom stereocenters. The third-order valence-corrected chi connectivity index (χ3v) is 2.21. The fourth-order valence-corrected chi connectivity index (χ4v) is 1.45. The fourth-order valence-electron chi connectivity index (χ4n) is 1.45. The molecule has 3 nitrogen and oxygen atoms in total. The van der Waals surface area contributed by atoms with Crippen molar-refractivity contribution in [3.63, 3.8) is 0 Å². The smallest absolute Gasteiger partial charge is 0.0640 e. The standard InChI is InChI=1S/C10H19N3/c1-4-10-8-9(6-7-11-3)12-13(10)5-2/h8,11H,4-7H2,1-3H3. The molecule has 0 radical (unpaired) electrons. The van der Waals surface area contributed by atoms with Crippen molar-refractivity contribution < 1.29 is 0 Å². The van der Waals surface area contributed by atoms with Crippen molar-refractivity contribution in [2.24, 2.45) is 0 Å². The average molecular weight is 181 g/mol. The molecule has 1 rings (SSSR count). The minimum atomic E-state index is 0.975. The fraction of sp³-hybridized carbons (Fsp3) is 0.700. The molecule has 13 heavy (non-hydrogen) atoms. The van der Waals surface area contributed by atoms with Crippen LogP contribution in [-0.2, 0) is 19.4 Å². The lowest BCUT2D eigenvalue weighted by Crippen LogP contribution is -2.10. The van der Waals surface area contributed by atoms with Crippen LogP contribution in [0.2, 0.25) is 0 Å². The van der Waals surface area contributed by atoms with Crippen LogP contribution in [0.15, 0.2) is 6.07 Å². The molecule has 1 N–H and O–H groups in total. The zero-order valence-electron chi connectivity index (χ0n) is 8.80. The molecule has 0 aliphatic carbocycles. The van der Waals surface area contributed by atoms with Crippen LogP contribution in [0.3, 0.4) is 0 Å². The maximum Gasteiger partial charge on any atom is 0.0640 e. The van der Waals surface area contributed by atoms with Gasteiger partial charge < -0.3 is 5.32 Å². The predicted molar refractivity (Wildman–Crippen MR) is 54.9 cm³/mol. The predicted octanol–water partition coefficient (Wildman–Crippen LogP) is 1.23. The van der Waals surface area contributed by atoms with E-state index in [1.807, 2.05) is 7.05 Å². The summed E-state index contributed by atoms with van der Waals surface area (Å²) in [4.78, 5) is 0. The van der Waals surface area contributed by atoms with Crippen LogP contribution in [-0.4, -0.2) is 23.4 Å². The minimum absolute atomic E-state index is 0.975. The highest BCUT2D eigenvalue weighted by Gasteiger charge is 2.03. The van der Waals surface area contributed by atoms with Gasteiger partial charge in [0, 0.05) is 25.2 Å². The summed E-state index contributed by atoms with van der Waals surface area (Å²) < 4.78 is 2.09. The second-order valence-electron chi connectivity index (χ2n) is 3.15. The first-order valence-corrected chi connectivity index (χ1v) is 5.02. The Kier molecular flexibility index (Phi) is 3.96. The van der Waals surface area contributed by atoms with E-state index < -0.39 is 0 Å². The molecule has 0 aliphatic rings. The molecule has 0 saturated carbocycles. The van der Waals surface area contributed by atoms with E-state index in [1.165, 1.54) is 11.4 Å². The zero-order valence-corrected chi connectivity index (χ0v) is 8.80. The van der Waals surface area contributed by atoms with Gasteiger partial charge in [0.1, 0.15) is 0 Å². The lowest BCUT2D eigenvalue weighted by atomic mass is 10.2. The maximum absolute atomic E-state index is 4.51. The molecular formula is C10H19N3. The summed E-state index contributed by atoms with van der Waals surface area (Å²) >= 11 is 0. The summed E-state index contributed by atoms with van der Waals surface area (Å²) in [7, 11) is 1.97. The average Bonchev–Trinajstić information content (AvgIpc) is 2.57. The number of nitrogens with one attached hydrogen (secondary N) is 1. The van der Waals surface area contributed by atoms with Gasteiger partial charge in [0.15, 0.2) is 0 Å². The number of aromatic nitrogens is 2. The van der Waals surface area contributed by atoms with E-state index >= 15 is 0 Å². The summed E-state index contributed by atoms with van der Waals surface area (Å²) in [5, 5.41) is 7.65. The van der Waals surface area contributed by atoms with Crippen molar-refractivity contribution >= 4 is 0 Å². The van der Waals surface area contributed by atoms with Crippen molar-refractivity contribution in [3.8, 4) is 0 Å².